The smallest absolute Gasteiger partial charge is 0.118 e. The molecule has 0 bridgehead atoms. The topological polar surface area (TPSA) is 12.9 Å². The van der Waals surface area contributed by atoms with Crippen LogP contribution in [0.25, 0.3) is 0 Å². The number of hydrogen-bond acceptors (Lipinski definition) is 1. The standard InChI is InChI=1S/C44H39NP2/c1-36-32-37(34-46(39-20-8-2-9-21-39,40-22-10-3-11-23-40)41-24-12-4-13-25-41)33-38(45-36)35-47(42-26-14-5-15-27-42,43-28-16-6-17-29-43)44-30-18-7-19-31-44/h2-33H,34-35H2,1H3/q+2. The average molecular weight is 644 g/mol. The van der Waals surface area contributed by atoms with Gasteiger partial charge in [-0.1, -0.05) is 109 Å². The maximum absolute atomic E-state index is 5.28. The van der Waals surface area contributed by atoms with Gasteiger partial charge in [0.05, 0.1) is 11.9 Å². The largest absolute Gasteiger partial charge is 0.254 e. The van der Waals surface area contributed by atoms with Crippen molar-refractivity contribution in [2.45, 2.75) is 19.2 Å². The molecule has 0 unspecified atom stereocenters. The van der Waals surface area contributed by atoms with Gasteiger partial charge >= 0.3 is 0 Å². The summed E-state index contributed by atoms with van der Waals surface area (Å²) >= 11 is 0. The lowest BCUT2D eigenvalue weighted by Gasteiger charge is -2.29. The Labute approximate surface area is 280 Å². The number of aryl methyl sites for hydroxylation is 1. The van der Waals surface area contributed by atoms with Crippen LogP contribution in [0.2, 0.25) is 0 Å². The van der Waals surface area contributed by atoms with E-state index in [0.29, 0.717) is 0 Å². The lowest BCUT2D eigenvalue weighted by atomic mass is 10.2. The van der Waals surface area contributed by atoms with Gasteiger partial charge in [-0.15, -0.1) is 0 Å². The second kappa shape index (κ2) is 14.0. The van der Waals surface area contributed by atoms with Gasteiger partial charge in [0, 0.05) is 5.69 Å². The molecule has 228 valence electrons. The zero-order chi connectivity index (χ0) is 31.9. The van der Waals surface area contributed by atoms with Crippen molar-refractivity contribution in [3.05, 3.63) is 211 Å². The monoisotopic (exact) mass is 643 g/mol. The molecule has 0 saturated heterocycles. The minimum absolute atomic E-state index is 0.854. The van der Waals surface area contributed by atoms with Crippen LogP contribution >= 0.6 is 14.5 Å². The fraction of sp³-hybridized carbons (Fsp3) is 0.0682. The quantitative estimate of drug-likeness (QED) is 0.137. The van der Waals surface area contributed by atoms with E-state index in [0.717, 1.165) is 23.7 Å². The molecule has 0 N–H and O–H groups in total. The molecule has 1 heterocycles. The third kappa shape index (κ3) is 6.23. The maximum Gasteiger partial charge on any atom is 0.118 e. The Morgan fingerprint density at radius 2 is 0.638 bits per heavy atom. The summed E-state index contributed by atoms with van der Waals surface area (Å²) in [5.41, 5.74) is 3.55. The highest BCUT2D eigenvalue weighted by Crippen LogP contribution is 2.60. The molecule has 0 radical (unpaired) electrons. The predicted octanol–water partition coefficient (Wildman–Crippen LogP) is 8.38. The Kier molecular flexibility index (Phi) is 9.21. The Morgan fingerprint density at radius 1 is 0.362 bits per heavy atom. The van der Waals surface area contributed by atoms with Crippen LogP contribution in [-0.4, -0.2) is 4.98 Å². The first-order chi connectivity index (χ1) is 23.2. The van der Waals surface area contributed by atoms with E-state index in [-0.39, 0.29) is 0 Å². The molecule has 47 heavy (non-hydrogen) atoms. The van der Waals surface area contributed by atoms with Gasteiger partial charge in [-0.05, 0) is 97.4 Å². The van der Waals surface area contributed by atoms with E-state index in [1.165, 1.54) is 37.4 Å². The molecule has 0 aliphatic rings. The highest BCUT2D eigenvalue weighted by molar-refractivity contribution is 7.95. The molecule has 7 rings (SSSR count). The summed E-state index contributed by atoms with van der Waals surface area (Å²) < 4.78 is 0. The van der Waals surface area contributed by atoms with Gasteiger partial charge in [-0.2, -0.15) is 0 Å². The molecule has 6 aromatic carbocycles. The second-order valence-corrected chi connectivity index (χ2v) is 19.0. The van der Waals surface area contributed by atoms with Crippen LogP contribution in [0.1, 0.15) is 17.0 Å². The van der Waals surface area contributed by atoms with Gasteiger partial charge in [0.25, 0.3) is 0 Å². The summed E-state index contributed by atoms with van der Waals surface area (Å²) in [6, 6.07) is 71.7. The molecular formula is C44H39NP2+2. The zero-order valence-corrected chi connectivity index (χ0v) is 28.5. The summed E-state index contributed by atoms with van der Waals surface area (Å²) in [7, 11) is -4.15. The molecular weight excluding hydrogens is 604 g/mol. The van der Waals surface area contributed by atoms with Crippen molar-refractivity contribution in [2.75, 3.05) is 0 Å². The molecule has 0 aliphatic carbocycles. The van der Waals surface area contributed by atoms with E-state index in [1.54, 1.807) is 0 Å². The average Bonchev–Trinajstić information content (AvgIpc) is 3.15. The van der Waals surface area contributed by atoms with Crippen LogP contribution in [0.3, 0.4) is 0 Å². The van der Waals surface area contributed by atoms with Crippen LogP contribution in [0.4, 0.5) is 0 Å². The molecule has 0 atom stereocenters. The third-order valence-corrected chi connectivity index (χ3v) is 17.8. The van der Waals surface area contributed by atoms with Gasteiger partial charge in [-0.3, -0.25) is 4.98 Å². The van der Waals surface area contributed by atoms with Crippen molar-refractivity contribution in [3.63, 3.8) is 0 Å². The van der Waals surface area contributed by atoms with E-state index in [1.807, 2.05) is 0 Å². The van der Waals surface area contributed by atoms with E-state index >= 15 is 0 Å². The Balaban J connectivity index is 1.42. The van der Waals surface area contributed by atoms with E-state index < -0.39 is 14.5 Å². The Hall–Kier alpha value is -4.67. The van der Waals surface area contributed by atoms with Crippen molar-refractivity contribution in [3.8, 4) is 0 Å². The van der Waals surface area contributed by atoms with E-state index in [9.17, 15) is 0 Å². The van der Waals surface area contributed by atoms with Gasteiger partial charge in [0.1, 0.15) is 52.5 Å². The molecule has 0 aliphatic heterocycles. The van der Waals surface area contributed by atoms with Crippen LogP contribution in [0.15, 0.2) is 194 Å². The lowest BCUT2D eigenvalue weighted by Crippen LogP contribution is -2.33. The Morgan fingerprint density at radius 3 is 0.936 bits per heavy atom. The van der Waals surface area contributed by atoms with Crippen molar-refractivity contribution >= 4 is 46.4 Å². The summed E-state index contributed by atoms with van der Waals surface area (Å²) in [4.78, 5) is 5.28. The van der Waals surface area contributed by atoms with Gasteiger partial charge in [0.2, 0.25) is 0 Å². The number of nitrogens with zero attached hydrogens (tertiary/aromatic N) is 1. The fourth-order valence-electron chi connectivity index (χ4n) is 7.04. The molecule has 0 fully saturated rings. The molecule has 0 saturated carbocycles. The summed E-state index contributed by atoms with van der Waals surface area (Å²) in [5.74, 6) is 0. The van der Waals surface area contributed by atoms with E-state index in [4.69, 9.17) is 4.98 Å². The minimum Gasteiger partial charge on any atom is -0.254 e. The molecule has 1 aromatic heterocycles. The summed E-state index contributed by atoms with van der Waals surface area (Å²) in [6.07, 6.45) is 1.78. The van der Waals surface area contributed by atoms with Crippen LogP contribution in [-0.2, 0) is 12.3 Å². The van der Waals surface area contributed by atoms with Crippen molar-refractivity contribution in [1.82, 2.24) is 4.98 Å². The highest BCUT2D eigenvalue weighted by atomic mass is 31.2. The normalized spacial score (nSPS) is 11.7. The number of benzene rings is 6. The van der Waals surface area contributed by atoms with Crippen molar-refractivity contribution in [2.24, 2.45) is 0 Å². The van der Waals surface area contributed by atoms with Gasteiger partial charge < -0.3 is 0 Å². The summed E-state index contributed by atoms with van der Waals surface area (Å²) in [5, 5.41) is 8.32. The number of hydrogen-bond donors (Lipinski definition) is 0. The molecule has 0 amide bonds. The SMILES string of the molecule is Cc1cc(C[P+](c2ccccc2)(c2ccccc2)c2ccccc2)cc(C[P+](c2ccccc2)(c2ccccc2)c2ccccc2)n1. The van der Waals surface area contributed by atoms with Gasteiger partial charge in [0.15, 0.2) is 0 Å². The van der Waals surface area contributed by atoms with Gasteiger partial charge in [-0.25, -0.2) is 0 Å². The number of rotatable bonds is 10. The maximum atomic E-state index is 5.28. The fourth-order valence-corrected chi connectivity index (χ4v) is 15.4. The third-order valence-electron chi connectivity index (χ3n) is 9.07. The molecule has 1 nitrogen and oxygen atoms in total. The first kappa shape index (κ1) is 31.0. The lowest BCUT2D eigenvalue weighted by molar-refractivity contribution is 1.08. The predicted molar refractivity (Wildman–Crippen MR) is 207 cm³/mol. The van der Waals surface area contributed by atoms with Crippen LogP contribution in [0, 0.1) is 6.92 Å². The minimum atomic E-state index is -2.09. The first-order valence-electron chi connectivity index (χ1n) is 16.2. The van der Waals surface area contributed by atoms with Crippen molar-refractivity contribution in [1.29, 1.82) is 0 Å². The second-order valence-electron chi connectivity index (χ2n) is 12.1. The Bertz CT molecular complexity index is 1680. The first-order valence-corrected chi connectivity index (χ1v) is 20.2. The molecule has 7 aromatic rings. The highest BCUT2D eigenvalue weighted by Gasteiger charge is 2.47. The number of aromatic nitrogens is 1. The molecule has 3 heteroatoms. The molecule has 0 spiro atoms. The van der Waals surface area contributed by atoms with Crippen LogP contribution < -0.4 is 31.8 Å². The van der Waals surface area contributed by atoms with Crippen LogP contribution in [0.5, 0.6) is 0 Å². The summed E-state index contributed by atoms with van der Waals surface area (Å²) in [6.45, 7) is 2.16. The zero-order valence-electron chi connectivity index (χ0n) is 26.7. The van der Waals surface area contributed by atoms with E-state index in [2.05, 4.69) is 201 Å². The van der Waals surface area contributed by atoms with Crippen molar-refractivity contribution < 1.29 is 0 Å². The number of pyridine rings is 1.